The Morgan fingerprint density at radius 1 is 1.00 bits per heavy atom. The standard InChI is InChI=1S/C18H24O2/c1-2-3-4-7-13-20-14-18(19)17-12-8-10-15-9-5-6-11-16(15)17/h5-6,8-12,18-19H,2-4,7,13-14H2,1H3. The number of aliphatic hydroxyl groups is 1. The highest BCUT2D eigenvalue weighted by molar-refractivity contribution is 5.85. The number of ether oxygens (including phenoxy) is 1. The molecule has 2 rings (SSSR count). The Kier molecular flexibility index (Phi) is 6.03. The summed E-state index contributed by atoms with van der Waals surface area (Å²) in [6.45, 7) is 3.31. The molecule has 0 saturated carbocycles. The molecule has 0 aliphatic rings. The second kappa shape index (κ2) is 8.03. The Hall–Kier alpha value is -1.38. The number of hydrogen-bond acceptors (Lipinski definition) is 2. The van der Waals surface area contributed by atoms with Crippen LogP contribution in [0.15, 0.2) is 42.5 Å². The van der Waals surface area contributed by atoms with Gasteiger partial charge in [-0.1, -0.05) is 68.7 Å². The van der Waals surface area contributed by atoms with Crippen molar-refractivity contribution in [3.63, 3.8) is 0 Å². The van der Waals surface area contributed by atoms with Gasteiger partial charge in [0.25, 0.3) is 0 Å². The first-order valence-electron chi connectivity index (χ1n) is 7.56. The van der Waals surface area contributed by atoms with Crippen molar-refractivity contribution < 1.29 is 9.84 Å². The van der Waals surface area contributed by atoms with Gasteiger partial charge in [-0.25, -0.2) is 0 Å². The van der Waals surface area contributed by atoms with E-state index in [0.29, 0.717) is 6.61 Å². The number of hydrogen-bond donors (Lipinski definition) is 1. The molecule has 1 unspecified atom stereocenters. The van der Waals surface area contributed by atoms with Gasteiger partial charge in [-0.15, -0.1) is 0 Å². The van der Waals surface area contributed by atoms with Gasteiger partial charge in [0.05, 0.1) is 6.61 Å². The average molecular weight is 272 g/mol. The Bertz CT molecular complexity index is 516. The van der Waals surface area contributed by atoms with E-state index < -0.39 is 6.10 Å². The first-order chi connectivity index (χ1) is 9.83. The Balaban J connectivity index is 1.89. The van der Waals surface area contributed by atoms with Crippen LogP contribution in [0.4, 0.5) is 0 Å². The predicted octanol–water partition coefficient (Wildman–Crippen LogP) is 4.47. The molecule has 1 atom stereocenters. The molecule has 0 aliphatic heterocycles. The second-order valence-corrected chi connectivity index (χ2v) is 5.22. The van der Waals surface area contributed by atoms with Crippen LogP contribution in [-0.4, -0.2) is 18.3 Å². The molecule has 0 spiro atoms. The van der Waals surface area contributed by atoms with Crippen molar-refractivity contribution in [1.29, 1.82) is 0 Å². The zero-order valence-corrected chi connectivity index (χ0v) is 12.2. The van der Waals surface area contributed by atoms with Crippen molar-refractivity contribution in [3.05, 3.63) is 48.0 Å². The smallest absolute Gasteiger partial charge is 0.103 e. The van der Waals surface area contributed by atoms with Crippen molar-refractivity contribution in [1.82, 2.24) is 0 Å². The molecule has 0 aromatic heterocycles. The molecule has 1 N–H and O–H groups in total. The molecule has 2 heteroatoms. The summed E-state index contributed by atoms with van der Waals surface area (Å²) >= 11 is 0. The molecule has 2 aromatic rings. The molecule has 0 fully saturated rings. The fourth-order valence-electron chi connectivity index (χ4n) is 2.46. The number of rotatable bonds is 8. The van der Waals surface area contributed by atoms with E-state index in [0.717, 1.165) is 29.4 Å². The first-order valence-corrected chi connectivity index (χ1v) is 7.56. The highest BCUT2D eigenvalue weighted by Crippen LogP contribution is 2.24. The van der Waals surface area contributed by atoms with Crippen LogP contribution in [0.1, 0.15) is 44.3 Å². The summed E-state index contributed by atoms with van der Waals surface area (Å²) in [7, 11) is 0. The SMILES string of the molecule is CCCCCCOCC(O)c1cccc2ccccc12. The Labute approximate surface area is 121 Å². The molecule has 0 radical (unpaired) electrons. The Morgan fingerprint density at radius 3 is 2.65 bits per heavy atom. The van der Waals surface area contributed by atoms with E-state index >= 15 is 0 Å². The van der Waals surface area contributed by atoms with Gasteiger partial charge in [-0.3, -0.25) is 0 Å². The van der Waals surface area contributed by atoms with Gasteiger partial charge in [0.2, 0.25) is 0 Å². The largest absolute Gasteiger partial charge is 0.386 e. The van der Waals surface area contributed by atoms with Crippen molar-refractivity contribution in [2.75, 3.05) is 13.2 Å². The maximum absolute atomic E-state index is 10.3. The lowest BCUT2D eigenvalue weighted by molar-refractivity contribution is 0.0352. The van der Waals surface area contributed by atoms with Crippen molar-refractivity contribution in [3.8, 4) is 0 Å². The third-order valence-electron chi connectivity index (χ3n) is 3.60. The molecular weight excluding hydrogens is 248 g/mol. The van der Waals surface area contributed by atoms with Gasteiger partial charge in [0.15, 0.2) is 0 Å². The summed E-state index contributed by atoms with van der Waals surface area (Å²) in [5.74, 6) is 0. The van der Waals surface area contributed by atoms with Crippen molar-refractivity contribution >= 4 is 10.8 Å². The van der Waals surface area contributed by atoms with Gasteiger partial charge < -0.3 is 9.84 Å². The normalized spacial score (nSPS) is 12.7. The molecule has 0 saturated heterocycles. The zero-order chi connectivity index (χ0) is 14.2. The van der Waals surface area contributed by atoms with Crippen LogP contribution in [0.5, 0.6) is 0 Å². The van der Waals surface area contributed by atoms with Gasteiger partial charge in [-0.05, 0) is 22.8 Å². The summed E-state index contributed by atoms with van der Waals surface area (Å²) in [5, 5.41) is 12.6. The number of fused-ring (bicyclic) bond motifs is 1. The third-order valence-corrected chi connectivity index (χ3v) is 3.60. The van der Waals surface area contributed by atoms with Gasteiger partial charge in [0, 0.05) is 6.61 Å². The van der Waals surface area contributed by atoms with E-state index in [-0.39, 0.29) is 0 Å². The number of unbranched alkanes of at least 4 members (excludes halogenated alkanes) is 3. The van der Waals surface area contributed by atoms with Crippen LogP contribution in [0, 0.1) is 0 Å². The molecule has 0 heterocycles. The third kappa shape index (κ3) is 4.06. The van der Waals surface area contributed by atoms with Crippen LogP contribution in [0.2, 0.25) is 0 Å². The molecular formula is C18H24O2. The van der Waals surface area contributed by atoms with Crippen LogP contribution >= 0.6 is 0 Å². The van der Waals surface area contributed by atoms with E-state index in [4.69, 9.17) is 4.74 Å². The second-order valence-electron chi connectivity index (χ2n) is 5.22. The molecule has 2 nitrogen and oxygen atoms in total. The minimum Gasteiger partial charge on any atom is -0.386 e. The predicted molar refractivity (Wildman–Crippen MR) is 83.9 cm³/mol. The topological polar surface area (TPSA) is 29.5 Å². The molecule has 2 aromatic carbocycles. The van der Waals surface area contributed by atoms with Crippen LogP contribution in [0.3, 0.4) is 0 Å². The van der Waals surface area contributed by atoms with Gasteiger partial charge >= 0.3 is 0 Å². The van der Waals surface area contributed by atoms with E-state index in [1.54, 1.807) is 0 Å². The monoisotopic (exact) mass is 272 g/mol. The maximum Gasteiger partial charge on any atom is 0.103 e. The summed E-state index contributed by atoms with van der Waals surface area (Å²) in [6.07, 6.45) is 4.23. The van der Waals surface area contributed by atoms with Crippen molar-refractivity contribution in [2.45, 2.75) is 38.7 Å². The summed E-state index contributed by atoms with van der Waals surface area (Å²) in [6, 6.07) is 14.2. The molecule has 0 aliphatic carbocycles. The fourth-order valence-corrected chi connectivity index (χ4v) is 2.46. The number of aliphatic hydroxyl groups excluding tert-OH is 1. The van der Waals surface area contributed by atoms with Gasteiger partial charge in [0.1, 0.15) is 6.10 Å². The lowest BCUT2D eigenvalue weighted by Gasteiger charge is -2.14. The minimum atomic E-state index is -0.549. The zero-order valence-electron chi connectivity index (χ0n) is 12.2. The molecule has 20 heavy (non-hydrogen) atoms. The van der Waals surface area contributed by atoms with E-state index in [2.05, 4.69) is 25.1 Å². The fraction of sp³-hybridized carbons (Fsp3) is 0.444. The molecule has 0 amide bonds. The molecule has 0 bridgehead atoms. The van der Waals surface area contributed by atoms with Crippen LogP contribution in [0.25, 0.3) is 10.8 Å². The highest BCUT2D eigenvalue weighted by atomic mass is 16.5. The minimum absolute atomic E-state index is 0.375. The number of benzene rings is 2. The van der Waals surface area contributed by atoms with Crippen molar-refractivity contribution in [2.24, 2.45) is 0 Å². The summed E-state index contributed by atoms with van der Waals surface area (Å²) in [4.78, 5) is 0. The Morgan fingerprint density at radius 2 is 1.80 bits per heavy atom. The lowest BCUT2D eigenvalue weighted by Crippen LogP contribution is -2.08. The summed E-state index contributed by atoms with van der Waals surface area (Å²) < 4.78 is 5.60. The van der Waals surface area contributed by atoms with E-state index in [1.165, 1.54) is 19.3 Å². The summed E-state index contributed by atoms with van der Waals surface area (Å²) in [5.41, 5.74) is 0.955. The first kappa shape index (κ1) is 15.0. The van der Waals surface area contributed by atoms with Gasteiger partial charge in [-0.2, -0.15) is 0 Å². The maximum atomic E-state index is 10.3. The van der Waals surface area contributed by atoms with E-state index in [9.17, 15) is 5.11 Å². The highest BCUT2D eigenvalue weighted by Gasteiger charge is 2.10. The molecule has 108 valence electrons. The van der Waals surface area contributed by atoms with Crippen LogP contribution in [-0.2, 0) is 4.74 Å². The van der Waals surface area contributed by atoms with Crippen LogP contribution < -0.4 is 0 Å². The van der Waals surface area contributed by atoms with E-state index in [1.807, 2.05) is 24.3 Å². The lowest BCUT2D eigenvalue weighted by atomic mass is 10.0. The quantitative estimate of drug-likeness (QED) is 0.718. The average Bonchev–Trinajstić information content (AvgIpc) is 2.50.